The highest BCUT2D eigenvalue weighted by molar-refractivity contribution is 7.21. The second-order valence-corrected chi connectivity index (χ2v) is 12.7. The number of hydrogen-bond donors (Lipinski definition) is 1. The van der Waals surface area contributed by atoms with E-state index < -0.39 is 0 Å². The Hall–Kier alpha value is -3.83. The third-order valence-corrected chi connectivity index (χ3v) is 7.70. The van der Waals surface area contributed by atoms with E-state index in [2.05, 4.69) is 76.9 Å². The molecule has 0 radical (unpaired) electrons. The van der Waals surface area contributed by atoms with Crippen molar-refractivity contribution in [2.45, 2.75) is 52.4 Å². The van der Waals surface area contributed by atoms with Crippen LogP contribution in [0, 0.1) is 0 Å². The summed E-state index contributed by atoms with van der Waals surface area (Å²) < 4.78 is 1.10. The van der Waals surface area contributed by atoms with Crippen LogP contribution in [0.4, 0.5) is 5.69 Å². The van der Waals surface area contributed by atoms with Gasteiger partial charge in [0.2, 0.25) is 0 Å². The molecule has 0 fully saturated rings. The summed E-state index contributed by atoms with van der Waals surface area (Å²) in [4.78, 5) is 14.5. The van der Waals surface area contributed by atoms with Crippen molar-refractivity contribution in [3.05, 3.63) is 95.7 Å². The van der Waals surface area contributed by atoms with Crippen molar-refractivity contribution in [3.8, 4) is 27.6 Å². The summed E-state index contributed by atoms with van der Waals surface area (Å²) in [6, 6.07) is 24.3. The molecule has 4 nitrogen and oxygen atoms in total. The molecule has 5 heteroatoms. The van der Waals surface area contributed by atoms with Gasteiger partial charge in [-0.3, -0.25) is 9.98 Å². The number of para-hydroxylation sites is 2. The third-order valence-electron chi connectivity index (χ3n) is 6.65. The number of fused-ring (bicyclic) bond motifs is 1. The molecule has 192 valence electrons. The molecule has 5 aromatic rings. The number of aromatic nitrogens is 2. The van der Waals surface area contributed by atoms with Crippen molar-refractivity contribution >= 4 is 33.5 Å². The van der Waals surface area contributed by atoms with Crippen LogP contribution in [0.3, 0.4) is 0 Å². The summed E-state index contributed by atoms with van der Waals surface area (Å²) >= 11 is 1.65. The van der Waals surface area contributed by atoms with E-state index in [-0.39, 0.29) is 16.6 Å². The van der Waals surface area contributed by atoms with Gasteiger partial charge in [-0.05, 0) is 52.8 Å². The molecule has 0 aliphatic carbocycles. The molecule has 0 atom stereocenters. The first kappa shape index (κ1) is 25.8. The van der Waals surface area contributed by atoms with Crippen LogP contribution in [0.2, 0.25) is 0 Å². The van der Waals surface area contributed by atoms with E-state index in [1.165, 1.54) is 5.56 Å². The lowest BCUT2D eigenvalue weighted by atomic mass is 9.79. The van der Waals surface area contributed by atoms with Gasteiger partial charge in [0.15, 0.2) is 0 Å². The SMILES string of the molecule is CC(C)(C)c1cc(C=Nc2ccccc2-c2nc3c(-c4ccccn4)cccc3s2)c(O)c(C(C)(C)C)c1. The van der Waals surface area contributed by atoms with Crippen molar-refractivity contribution in [2.24, 2.45) is 4.99 Å². The minimum atomic E-state index is -0.196. The fraction of sp³-hybridized carbons (Fsp3) is 0.242. The maximum absolute atomic E-state index is 11.2. The van der Waals surface area contributed by atoms with Crippen LogP contribution in [-0.2, 0) is 10.8 Å². The summed E-state index contributed by atoms with van der Waals surface area (Å²) in [6.45, 7) is 12.9. The van der Waals surface area contributed by atoms with Gasteiger partial charge >= 0.3 is 0 Å². The van der Waals surface area contributed by atoms with Gasteiger partial charge in [0.25, 0.3) is 0 Å². The van der Waals surface area contributed by atoms with E-state index in [1.54, 1.807) is 23.7 Å². The molecule has 0 unspecified atom stereocenters. The number of aromatic hydroxyl groups is 1. The smallest absolute Gasteiger partial charge is 0.128 e. The number of phenolic OH excluding ortho intramolecular Hbond substituents is 1. The van der Waals surface area contributed by atoms with Gasteiger partial charge in [-0.1, -0.05) is 77.9 Å². The molecule has 0 amide bonds. The fourth-order valence-corrected chi connectivity index (χ4v) is 5.49. The number of nitrogens with zero attached hydrogens (tertiary/aromatic N) is 3. The number of pyridine rings is 1. The Morgan fingerprint density at radius 1 is 0.816 bits per heavy atom. The average Bonchev–Trinajstić information content (AvgIpc) is 3.32. The molecular weight excluding hydrogens is 486 g/mol. The molecule has 0 saturated carbocycles. The Labute approximate surface area is 228 Å². The normalized spacial score (nSPS) is 12.5. The molecule has 2 aromatic heterocycles. The summed E-state index contributed by atoms with van der Waals surface area (Å²) in [5.74, 6) is 0.284. The number of benzene rings is 3. The standard InChI is InChI=1S/C33H33N3OS/c1-32(2,3)22-18-21(30(37)25(19-22)33(4,5)6)20-35-27-14-8-7-12-24(27)31-36-29-23(13-11-16-28(29)38-31)26-15-9-10-17-34-26/h7-20,37H,1-6H3. The van der Waals surface area contributed by atoms with Crippen LogP contribution < -0.4 is 0 Å². The van der Waals surface area contributed by atoms with Gasteiger partial charge in [-0.15, -0.1) is 11.3 Å². The zero-order chi connectivity index (χ0) is 27.1. The molecule has 3 aromatic carbocycles. The molecule has 0 spiro atoms. The van der Waals surface area contributed by atoms with Crippen LogP contribution >= 0.6 is 11.3 Å². The van der Waals surface area contributed by atoms with Gasteiger partial charge in [0, 0.05) is 34.7 Å². The zero-order valence-corrected chi connectivity index (χ0v) is 23.6. The van der Waals surface area contributed by atoms with Gasteiger partial charge in [0.05, 0.1) is 21.6 Å². The van der Waals surface area contributed by atoms with Gasteiger partial charge in [0.1, 0.15) is 10.8 Å². The van der Waals surface area contributed by atoms with E-state index in [0.29, 0.717) is 0 Å². The van der Waals surface area contributed by atoms with Crippen LogP contribution in [0.15, 0.2) is 84.0 Å². The summed E-state index contributed by atoms with van der Waals surface area (Å²) in [7, 11) is 0. The number of thiazole rings is 1. The fourth-order valence-electron chi connectivity index (χ4n) is 4.46. The highest BCUT2D eigenvalue weighted by atomic mass is 32.1. The largest absolute Gasteiger partial charge is 0.507 e. The summed E-state index contributed by atoms with van der Waals surface area (Å²) in [5.41, 5.74) is 7.20. The summed E-state index contributed by atoms with van der Waals surface area (Å²) in [6.07, 6.45) is 3.59. The Balaban J connectivity index is 1.59. The van der Waals surface area contributed by atoms with Crippen molar-refractivity contribution in [3.63, 3.8) is 0 Å². The van der Waals surface area contributed by atoms with E-state index in [9.17, 15) is 5.11 Å². The van der Waals surface area contributed by atoms with Gasteiger partial charge in [-0.25, -0.2) is 4.98 Å². The van der Waals surface area contributed by atoms with E-state index in [1.807, 2.05) is 42.5 Å². The van der Waals surface area contributed by atoms with E-state index in [4.69, 9.17) is 9.98 Å². The number of hydrogen-bond acceptors (Lipinski definition) is 5. The van der Waals surface area contributed by atoms with Crippen LogP contribution in [0.5, 0.6) is 5.75 Å². The van der Waals surface area contributed by atoms with Crippen molar-refractivity contribution in [1.29, 1.82) is 0 Å². The Morgan fingerprint density at radius 2 is 1.55 bits per heavy atom. The van der Waals surface area contributed by atoms with Crippen molar-refractivity contribution < 1.29 is 5.11 Å². The first-order chi connectivity index (χ1) is 18.0. The quantitative estimate of drug-likeness (QED) is 0.241. The summed E-state index contributed by atoms with van der Waals surface area (Å²) in [5, 5.41) is 12.1. The highest BCUT2D eigenvalue weighted by Gasteiger charge is 2.24. The molecule has 5 rings (SSSR count). The number of aliphatic imine (C=N–C) groups is 1. The lowest BCUT2D eigenvalue weighted by Gasteiger charge is -2.27. The van der Waals surface area contributed by atoms with Gasteiger partial charge in [-0.2, -0.15) is 0 Å². The molecule has 0 aliphatic heterocycles. The Morgan fingerprint density at radius 3 is 2.26 bits per heavy atom. The van der Waals surface area contributed by atoms with Crippen molar-refractivity contribution in [1.82, 2.24) is 9.97 Å². The highest BCUT2D eigenvalue weighted by Crippen LogP contribution is 2.40. The topological polar surface area (TPSA) is 58.4 Å². The van der Waals surface area contributed by atoms with Crippen LogP contribution in [-0.4, -0.2) is 21.3 Å². The Bertz CT molecular complexity index is 1640. The zero-order valence-electron chi connectivity index (χ0n) is 22.8. The number of phenols is 1. The number of rotatable bonds is 4. The Kier molecular flexibility index (Phi) is 6.66. The first-order valence-electron chi connectivity index (χ1n) is 12.8. The molecule has 0 bridgehead atoms. The molecule has 0 aliphatic rings. The van der Waals surface area contributed by atoms with E-state index in [0.717, 1.165) is 48.9 Å². The predicted molar refractivity (Wildman–Crippen MR) is 161 cm³/mol. The minimum absolute atomic E-state index is 0.0550. The molecule has 2 heterocycles. The minimum Gasteiger partial charge on any atom is -0.507 e. The lowest BCUT2D eigenvalue weighted by Crippen LogP contribution is -2.17. The van der Waals surface area contributed by atoms with Crippen LogP contribution in [0.25, 0.3) is 32.0 Å². The molecule has 1 N–H and O–H groups in total. The van der Waals surface area contributed by atoms with Crippen molar-refractivity contribution in [2.75, 3.05) is 0 Å². The molecular formula is C33H33N3OS. The van der Waals surface area contributed by atoms with E-state index >= 15 is 0 Å². The maximum Gasteiger partial charge on any atom is 0.128 e. The lowest BCUT2D eigenvalue weighted by molar-refractivity contribution is 0.444. The first-order valence-corrected chi connectivity index (χ1v) is 13.7. The predicted octanol–water partition coefficient (Wildman–Crippen LogP) is 9.08. The second-order valence-electron chi connectivity index (χ2n) is 11.6. The molecule has 38 heavy (non-hydrogen) atoms. The second kappa shape index (κ2) is 9.80. The third kappa shape index (κ3) is 5.11. The van der Waals surface area contributed by atoms with Gasteiger partial charge < -0.3 is 5.11 Å². The molecule has 0 saturated heterocycles. The average molecular weight is 520 g/mol. The maximum atomic E-state index is 11.2. The monoisotopic (exact) mass is 519 g/mol. The van der Waals surface area contributed by atoms with Crippen LogP contribution in [0.1, 0.15) is 58.2 Å².